The largest absolute Gasteiger partial charge is 0.396 e. The number of aliphatic hydroxyl groups is 1. The van der Waals surface area contributed by atoms with Gasteiger partial charge in [-0.25, -0.2) is 22.7 Å². The van der Waals surface area contributed by atoms with Crippen LogP contribution in [0.5, 0.6) is 0 Å². The molecular weight excluding hydrogens is 402 g/mol. The molecule has 164 valence electrons. The maximum Gasteiger partial charge on any atom is 0.211 e. The van der Waals surface area contributed by atoms with E-state index in [9.17, 15) is 13.5 Å². The fourth-order valence-corrected chi connectivity index (χ4v) is 5.27. The first-order chi connectivity index (χ1) is 14.4. The minimum atomic E-state index is -3.12. The average molecular weight is 434 g/mol. The lowest BCUT2D eigenvalue weighted by molar-refractivity contribution is 0.298. The lowest BCUT2D eigenvalue weighted by Gasteiger charge is -2.31. The Morgan fingerprint density at radius 2 is 1.87 bits per heavy atom. The normalized spacial score (nSPS) is 19.3. The van der Waals surface area contributed by atoms with Gasteiger partial charge < -0.3 is 15.3 Å². The number of hydrogen-bond acceptors (Lipinski definition) is 7. The third kappa shape index (κ3) is 4.84. The van der Waals surface area contributed by atoms with E-state index in [0.717, 1.165) is 54.0 Å². The van der Waals surface area contributed by atoms with Gasteiger partial charge in [0.05, 0.1) is 6.26 Å². The highest BCUT2D eigenvalue weighted by Gasteiger charge is 2.25. The molecule has 0 aromatic carbocycles. The van der Waals surface area contributed by atoms with E-state index < -0.39 is 10.0 Å². The highest BCUT2D eigenvalue weighted by molar-refractivity contribution is 7.88. The van der Waals surface area contributed by atoms with Gasteiger partial charge in [0.2, 0.25) is 10.0 Å². The van der Waals surface area contributed by atoms with Crippen molar-refractivity contribution >= 4 is 32.4 Å². The number of rotatable bonds is 6. The molecule has 9 heteroatoms. The van der Waals surface area contributed by atoms with Gasteiger partial charge in [0.15, 0.2) is 0 Å². The van der Waals surface area contributed by atoms with Gasteiger partial charge in [0.25, 0.3) is 0 Å². The molecule has 0 spiro atoms. The van der Waals surface area contributed by atoms with Crippen molar-refractivity contribution in [1.29, 1.82) is 0 Å². The van der Waals surface area contributed by atoms with Crippen molar-refractivity contribution in [2.24, 2.45) is 0 Å². The molecular formula is C21H31N5O3S. The first-order valence-corrected chi connectivity index (χ1v) is 12.7. The molecule has 4 heterocycles. The van der Waals surface area contributed by atoms with Crippen LogP contribution in [0, 0.1) is 0 Å². The van der Waals surface area contributed by atoms with Gasteiger partial charge in [0.1, 0.15) is 11.6 Å². The van der Waals surface area contributed by atoms with E-state index in [1.165, 1.54) is 25.5 Å². The maximum atomic E-state index is 11.7. The molecule has 30 heavy (non-hydrogen) atoms. The SMILES string of the molecule is CS(=O)(=O)N1CCC(Nc2cc3c(N4CCCCC4)nc(CCO)cc3cn2)CC1. The Kier molecular flexibility index (Phi) is 6.40. The Labute approximate surface area is 178 Å². The summed E-state index contributed by atoms with van der Waals surface area (Å²) in [5.74, 6) is 1.78. The zero-order valence-electron chi connectivity index (χ0n) is 17.5. The van der Waals surface area contributed by atoms with Crippen molar-refractivity contribution in [1.82, 2.24) is 14.3 Å². The van der Waals surface area contributed by atoms with Gasteiger partial charge >= 0.3 is 0 Å². The second kappa shape index (κ2) is 9.03. The summed E-state index contributed by atoms with van der Waals surface area (Å²) in [6, 6.07) is 4.28. The molecule has 2 aromatic rings. The summed E-state index contributed by atoms with van der Waals surface area (Å²) in [7, 11) is -3.12. The summed E-state index contributed by atoms with van der Waals surface area (Å²) in [6.07, 6.45) is 8.80. The van der Waals surface area contributed by atoms with Crippen LogP contribution < -0.4 is 10.2 Å². The van der Waals surface area contributed by atoms with Crippen LogP contribution in [0.25, 0.3) is 10.8 Å². The lowest BCUT2D eigenvalue weighted by atomic mass is 10.1. The van der Waals surface area contributed by atoms with Gasteiger partial charge in [-0.15, -0.1) is 0 Å². The number of nitrogens with zero attached hydrogens (tertiary/aromatic N) is 4. The quantitative estimate of drug-likeness (QED) is 0.719. The van der Waals surface area contributed by atoms with Gasteiger partial charge in [-0.3, -0.25) is 0 Å². The molecule has 2 aromatic heterocycles. The van der Waals surface area contributed by atoms with Crippen LogP contribution in [0.4, 0.5) is 11.6 Å². The number of hydrogen-bond donors (Lipinski definition) is 2. The van der Waals surface area contributed by atoms with Crippen LogP contribution in [0.1, 0.15) is 37.8 Å². The van der Waals surface area contributed by atoms with E-state index >= 15 is 0 Å². The molecule has 8 nitrogen and oxygen atoms in total. The van der Waals surface area contributed by atoms with E-state index in [-0.39, 0.29) is 12.6 Å². The molecule has 0 saturated carbocycles. The number of fused-ring (bicyclic) bond motifs is 1. The number of piperidine rings is 2. The van der Waals surface area contributed by atoms with Gasteiger partial charge in [-0.05, 0) is 44.2 Å². The number of pyridine rings is 2. The van der Waals surface area contributed by atoms with E-state index in [1.807, 2.05) is 12.3 Å². The topological polar surface area (TPSA) is 98.7 Å². The second-order valence-electron chi connectivity index (χ2n) is 8.33. The molecule has 4 rings (SSSR count). The van der Waals surface area contributed by atoms with Crippen molar-refractivity contribution in [3.05, 3.63) is 24.0 Å². The molecule has 0 amide bonds. The van der Waals surface area contributed by atoms with Crippen molar-refractivity contribution in [2.75, 3.05) is 49.3 Å². The summed E-state index contributed by atoms with van der Waals surface area (Å²) in [4.78, 5) is 11.8. The van der Waals surface area contributed by atoms with Crippen molar-refractivity contribution < 1.29 is 13.5 Å². The van der Waals surface area contributed by atoms with Crippen LogP contribution in [-0.4, -0.2) is 72.9 Å². The molecule has 0 bridgehead atoms. The van der Waals surface area contributed by atoms with Crippen LogP contribution in [0.3, 0.4) is 0 Å². The predicted molar refractivity (Wildman–Crippen MR) is 119 cm³/mol. The molecule has 2 aliphatic heterocycles. The number of aromatic nitrogens is 2. The lowest BCUT2D eigenvalue weighted by Crippen LogP contribution is -2.41. The van der Waals surface area contributed by atoms with E-state index in [1.54, 1.807) is 4.31 Å². The monoisotopic (exact) mass is 433 g/mol. The number of sulfonamides is 1. The van der Waals surface area contributed by atoms with Crippen molar-refractivity contribution in [2.45, 2.75) is 44.6 Å². The first kappa shape index (κ1) is 21.3. The molecule has 0 unspecified atom stereocenters. The number of nitrogens with one attached hydrogen (secondary N) is 1. The van der Waals surface area contributed by atoms with E-state index in [2.05, 4.69) is 21.3 Å². The molecule has 2 aliphatic rings. The van der Waals surface area contributed by atoms with Crippen molar-refractivity contribution in [3.63, 3.8) is 0 Å². The van der Waals surface area contributed by atoms with Crippen molar-refractivity contribution in [3.8, 4) is 0 Å². The minimum absolute atomic E-state index is 0.0805. The fraction of sp³-hybridized carbons (Fsp3) is 0.619. The zero-order chi connectivity index (χ0) is 21.1. The Balaban J connectivity index is 1.57. The molecule has 2 fully saturated rings. The standard InChI is InChI=1S/C21H31N5O3S/c1-30(28,29)26-10-5-17(6-11-26)23-20-14-19-16(15-22-20)13-18(7-12-27)24-21(19)25-8-3-2-4-9-25/h13-15,17,27H,2-12H2,1H3,(H,22,23). The Bertz CT molecular complexity index is 984. The van der Waals surface area contributed by atoms with Gasteiger partial charge in [0, 0.05) is 67.9 Å². The molecule has 2 saturated heterocycles. The third-order valence-corrected chi connectivity index (χ3v) is 7.35. The van der Waals surface area contributed by atoms with Crippen LogP contribution in [-0.2, 0) is 16.4 Å². The molecule has 2 N–H and O–H groups in total. The van der Waals surface area contributed by atoms with Crippen LogP contribution in [0.2, 0.25) is 0 Å². The van der Waals surface area contributed by atoms with Gasteiger partial charge in [-0.1, -0.05) is 0 Å². The Hall–Kier alpha value is -1.97. The second-order valence-corrected chi connectivity index (χ2v) is 10.3. The predicted octanol–water partition coefficient (Wildman–Crippen LogP) is 1.99. The van der Waals surface area contributed by atoms with Crippen LogP contribution in [0.15, 0.2) is 18.3 Å². The molecule has 0 atom stereocenters. The van der Waals surface area contributed by atoms with E-state index in [0.29, 0.717) is 19.5 Å². The smallest absolute Gasteiger partial charge is 0.211 e. The third-order valence-electron chi connectivity index (χ3n) is 6.05. The van der Waals surface area contributed by atoms with Crippen LogP contribution >= 0.6 is 0 Å². The first-order valence-electron chi connectivity index (χ1n) is 10.8. The molecule has 0 aliphatic carbocycles. The summed E-state index contributed by atoms with van der Waals surface area (Å²) >= 11 is 0. The number of aliphatic hydroxyl groups excluding tert-OH is 1. The summed E-state index contributed by atoms with van der Waals surface area (Å²) < 4.78 is 25.0. The maximum absolute atomic E-state index is 11.7. The highest BCUT2D eigenvalue weighted by atomic mass is 32.2. The average Bonchev–Trinajstić information content (AvgIpc) is 2.74. The van der Waals surface area contributed by atoms with E-state index in [4.69, 9.17) is 4.98 Å². The van der Waals surface area contributed by atoms with Gasteiger partial charge in [-0.2, -0.15) is 0 Å². The fourth-order valence-electron chi connectivity index (χ4n) is 4.39. The highest BCUT2D eigenvalue weighted by Crippen LogP contribution is 2.30. The zero-order valence-corrected chi connectivity index (χ0v) is 18.4. The summed E-state index contributed by atoms with van der Waals surface area (Å²) in [5.41, 5.74) is 0.890. The minimum Gasteiger partial charge on any atom is -0.396 e. The summed E-state index contributed by atoms with van der Waals surface area (Å²) in [6.45, 7) is 3.15. The number of anilines is 2. The summed E-state index contributed by atoms with van der Waals surface area (Å²) in [5, 5.41) is 15.0. The molecule has 0 radical (unpaired) electrons. The Morgan fingerprint density at radius 3 is 2.53 bits per heavy atom. The Morgan fingerprint density at radius 1 is 1.13 bits per heavy atom.